The Morgan fingerprint density at radius 1 is 0.781 bits per heavy atom. The lowest BCUT2D eigenvalue weighted by molar-refractivity contribution is -0.149. The van der Waals surface area contributed by atoms with Crippen LogP contribution in [0.4, 0.5) is 17.1 Å². The third-order valence-corrected chi connectivity index (χ3v) is 4.17. The first kappa shape index (κ1) is 22.4. The van der Waals surface area contributed by atoms with Crippen LogP contribution in [0.1, 0.15) is 17.3 Å². The highest BCUT2D eigenvalue weighted by atomic mass is 16.6. The van der Waals surface area contributed by atoms with E-state index in [1.54, 1.807) is 48.5 Å². The van der Waals surface area contributed by atoms with Crippen molar-refractivity contribution in [1.29, 1.82) is 0 Å². The first-order chi connectivity index (χ1) is 15.5. The third-order valence-electron chi connectivity index (χ3n) is 4.17. The standard InChI is InChI=1S/C24H21N3O5/c1-17(28)18-7-13-22(14-8-18)31-16-24(30)32-15-23(29)25-19-9-11-21(12-10-19)27-26-20-5-3-2-4-6-20/h2-14H,15-16H2,1H3,(H,25,29). The predicted molar refractivity (Wildman–Crippen MR) is 119 cm³/mol. The smallest absolute Gasteiger partial charge is 0.344 e. The van der Waals surface area contributed by atoms with Crippen molar-refractivity contribution in [1.82, 2.24) is 0 Å². The molecule has 0 spiro atoms. The van der Waals surface area contributed by atoms with E-state index in [-0.39, 0.29) is 12.4 Å². The lowest BCUT2D eigenvalue weighted by Crippen LogP contribution is -2.23. The summed E-state index contributed by atoms with van der Waals surface area (Å²) in [4.78, 5) is 35.0. The Balaban J connectivity index is 1.39. The van der Waals surface area contributed by atoms with E-state index in [1.165, 1.54) is 6.92 Å². The van der Waals surface area contributed by atoms with Gasteiger partial charge >= 0.3 is 5.97 Å². The predicted octanol–water partition coefficient (Wildman–Crippen LogP) is 4.87. The fourth-order valence-electron chi connectivity index (χ4n) is 2.53. The largest absolute Gasteiger partial charge is 0.482 e. The van der Waals surface area contributed by atoms with Crippen molar-refractivity contribution in [2.45, 2.75) is 6.92 Å². The summed E-state index contributed by atoms with van der Waals surface area (Å²) in [7, 11) is 0. The molecule has 0 aliphatic heterocycles. The van der Waals surface area contributed by atoms with E-state index in [1.807, 2.05) is 30.3 Å². The normalized spacial score (nSPS) is 10.5. The summed E-state index contributed by atoms with van der Waals surface area (Å²) in [6.45, 7) is 0.665. The number of carbonyl (C=O) groups is 3. The average molecular weight is 431 g/mol. The summed E-state index contributed by atoms with van der Waals surface area (Å²) >= 11 is 0. The number of rotatable bonds is 9. The number of ketones is 1. The molecule has 0 saturated carbocycles. The minimum atomic E-state index is -0.688. The molecular weight excluding hydrogens is 410 g/mol. The molecule has 0 atom stereocenters. The van der Waals surface area contributed by atoms with Gasteiger partial charge in [-0.2, -0.15) is 10.2 Å². The molecule has 8 heteroatoms. The minimum Gasteiger partial charge on any atom is -0.482 e. The highest BCUT2D eigenvalue weighted by molar-refractivity contribution is 5.94. The first-order valence-electron chi connectivity index (χ1n) is 9.76. The monoisotopic (exact) mass is 431 g/mol. The van der Waals surface area contributed by atoms with Crippen LogP contribution < -0.4 is 10.1 Å². The van der Waals surface area contributed by atoms with Gasteiger partial charge in [0, 0.05) is 11.3 Å². The summed E-state index contributed by atoms with van der Waals surface area (Å²) in [5.41, 5.74) is 2.45. The van der Waals surface area contributed by atoms with Gasteiger partial charge in [0.05, 0.1) is 11.4 Å². The third kappa shape index (κ3) is 7.17. The quantitative estimate of drug-likeness (QED) is 0.296. The van der Waals surface area contributed by atoms with Crippen LogP contribution in [-0.2, 0) is 14.3 Å². The van der Waals surface area contributed by atoms with Gasteiger partial charge in [-0.3, -0.25) is 9.59 Å². The fraction of sp³-hybridized carbons (Fsp3) is 0.125. The number of ether oxygens (including phenoxy) is 2. The molecule has 0 bridgehead atoms. The number of benzene rings is 3. The Labute approximate surface area is 184 Å². The molecule has 1 N–H and O–H groups in total. The molecule has 0 saturated heterocycles. The zero-order valence-corrected chi connectivity index (χ0v) is 17.4. The van der Waals surface area contributed by atoms with Gasteiger partial charge in [0.1, 0.15) is 5.75 Å². The highest BCUT2D eigenvalue weighted by Crippen LogP contribution is 2.20. The van der Waals surface area contributed by atoms with Crippen LogP contribution in [0.2, 0.25) is 0 Å². The summed E-state index contributed by atoms with van der Waals surface area (Å²) in [6.07, 6.45) is 0. The van der Waals surface area contributed by atoms with Gasteiger partial charge in [0.2, 0.25) is 0 Å². The van der Waals surface area contributed by atoms with Gasteiger partial charge in [0.25, 0.3) is 5.91 Å². The van der Waals surface area contributed by atoms with Crippen molar-refractivity contribution in [3.8, 4) is 5.75 Å². The van der Waals surface area contributed by atoms with E-state index in [9.17, 15) is 14.4 Å². The second-order valence-electron chi connectivity index (χ2n) is 6.66. The van der Waals surface area contributed by atoms with Crippen LogP contribution in [-0.4, -0.2) is 30.9 Å². The number of azo groups is 1. The van der Waals surface area contributed by atoms with Crippen LogP contribution in [0.3, 0.4) is 0 Å². The highest BCUT2D eigenvalue weighted by Gasteiger charge is 2.09. The summed E-state index contributed by atoms with van der Waals surface area (Å²) in [5, 5.41) is 10.9. The number of carbonyl (C=O) groups excluding carboxylic acids is 3. The molecule has 1 amide bonds. The molecule has 32 heavy (non-hydrogen) atoms. The number of nitrogens with zero attached hydrogens (tertiary/aromatic N) is 2. The van der Waals surface area contributed by atoms with Gasteiger partial charge in [-0.15, -0.1) is 0 Å². The van der Waals surface area contributed by atoms with Crippen molar-refractivity contribution < 1.29 is 23.9 Å². The van der Waals surface area contributed by atoms with Gasteiger partial charge in [0.15, 0.2) is 19.0 Å². The van der Waals surface area contributed by atoms with Crippen LogP contribution in [0, 0.1) is 0 Å². The molecule has 0 aliphatic rings. The van der Waals surface area contributed by atoms with Gasteiger partial charge in [-0.05, 0) is 67.6 Å². The number of nitrogens with one attached hydrogen (secondary N) is 1. The number of anilines is 1. The van der Waals surface area contributed by atoms with Gasteiger partial charge in [-0.1, -0.05) is 18.2 Å². The molecule has 0 fully saturated rings. The molecule has 0 aromatic heterocycles. The molecule has 3 aromatic carbocycles. The van der Waals surface area contributed by atoms with Crippen molar-refractivity contribution >= 4 is 34.7 Å². The lowest BCUT2D eigenvalue weighted by atomic mass is 10.1. The summed E-state index contributed by atoms with van der Waals surface area (Å²) in [6, 6.07) is 22.5. The molecule has 0 aliphatic carbocycles. The minimum absolute atomic E-state index is 0.0619. The SMILES string of the molecule is CC(=O)c1ccc(OCC(=O)OCC(=O)Nc2ccc(N=Nc3ccccc3)cc2)cc1. The molecule has 0 radical (unpaired) electrons. The van der Waals surface area contributed by atoms with Gasteiger partial charge in [-0.25, -0.2) is 4.79 Å². The zero-order chi connectivity index (χ0) is 22.8. The molecule has 162 valence electrons. The Kier molecular flexibility index (Phi) is 7.80. The second kappa shape index (κ2) is 11.2. The van der Waals surface area contributed by atoms with E-state index in [0.29, 0.717) is 22.7 Å². The Morgan fingerprint density at radius 3 is 2.03 bits per heavy atom. The fourth-order valence-corrected chi connectivity index (χ4v) is 2.53. The summed E-state index contributed by atoms with van der Waals surface area (Å²) in [5.74, 6) is -0.815. The number of Topliss-reactive ketones (excluding diaryl/α,β-unsaturated/α-hetero) is 1. The first-order valence-corrected chi connectivity index (χ1v) is 9.76. The van der Waals surface area contributed by atoms with Crippen LogP contribution in [0.15, 0.2) is 89.1 Å². The molecule has 0 unspecified atom stereocenters. The van der Waals surface area contributed by atoms with Crippen molar-refractivity contribution in [3.63, 3.8) is 0 Å². The topological polar surface area (TPSA) is 106 Å². The van der Waals surface area contributed by atoms with E-state index in [4.69, 9.17) is 9.47 Å². The van der Waals surface area contributed by atoms with E-state index >= 15 is 0 Å². The van der Waals surface area contributed by atoms with E-state index in [0.717, 1.165) is 5.69 Å². The summed E-state index contributed by atoms with van der Waals surface area (Å²) < 4.78 is 10.2. The maximum atomic E-state index is 12.0. The van der Waals surface area contributed by atoms with E-state index < -0.39 is 18.5 Å². The van der Waals surface area contributed by atoms with Crippen molar-refractivity contribution in [3.05, 3.63) is 84.4 Å². The number of hydrogen-bond donors (Lipinski definition) is 1. The van der Waals surface area contributed by atoms with Crippen molar-refractivity contribution in [2.24, 2.45) is 10.2 Å². The Hall–Kier alpha value is -4.33. The molecular formula is C24H21N3O5. The Morgan fingerprint density at radius 2 is 1.41 bits per heavy atom. The zero-order valence-electron chi connectivity index (χ0n) is 17.4. The second-order valence-corrected chi connectivity index (χ2v) is 6.66. The maximum Gasteiger partial charge on any atom is 0.344 e. The number of esters is 1. The molecule has 3 rings (SSSR count). The van der Waals surface area contributed by atoms with Crippen molar-refractivity contribution in [2.75, 3.05) is 18.5 Å². The molecule has 8 nitrogen and oxygen atoms in total. The van der Waals surface area contributed by atoms with Gasteiger partial charge < -0.3 is 14.8 Å². The maximum absolute atomic E-state index is 12.0. The average Bonchev–Trinajstić information content (AvgIpc) is 2.82. The van der Waals surface area contributed by atoms with Crippen LogP contribution >= 0.6 is 0 Å². The number of hydrogen-bond acceptors (Lipinski definition) is 7. The lowest BCUT2D eigenvalue weighted by Gasteiger charge is -2.08. The van der Waals surface area contributed by atoms with Crippen LogP contribution in [0.5, 0.6) is 5.75 Å². The van der Waals surface area contributed by atoms with E-state index in [2.05, 4.69) is 15.5 Å². The molecule has 0 heterocycles. The molecule has 3 aromatic rings. The Bertz CT molecular complexity index is 1090. The van der Waals surface area contributed by atoms with Crippen LogP contribution in [0.25, 0.3) is 0 Å². The number of amides is 1.